The van der Waals surface area contributed by atoms with E-state index in [-0.39, 0.29) is 12.0 Å². The lowest BCUT2D eigenvalue weighted by Crippen LogP contribution is -2.52. The molecule has 1 aliphatic carbocycles. The molecule has 1 unspecified atom stereocenters. The number of hydrogen-bond donors (Lipinski definition) is 1. The maximum Gasteiger partial charge on any atom is 0.337 e. The fourth-order valence-electron chi connectivity index (χ4n) is 4.07. The van der Waals surface area contributed by atoms with Crippen molar-refractivity contribution in [1.82, 2.24) is 9.80 Å². The molecule has 1 aromatic rings. The molecule has 1 aromatic carbocycles. The van der Waals surface area contributed by atoms with Gasteiger partial charge in [0, 0.05) is 25.3 Å². The molecule has 1 saturated carbocycles. The number of nitrogens with zero attached hydrogens (tertiary/aromatic N) is 2. The highest BCUT2D eigenvalue weighted by Gasteiger charge is 2.41. The molecule has 2 aliphatic heterocycles. The molecule has 1 N–H and O–H groups in total. The molecule has 0 spiro atoms. The second-order valence-corrected chi connectivity index (χ2v) is 7.51. The molecule has 0 amide bonds. The SMILES string of the molecule is CC1=CC(N2CCOCC2)N(Cc2ccc(F)cc2)C(C2CC2)=C1C(=O)O. The van der Waals surface area contributed by atoms with Crippen molar-refractivity contribution in [2.45, 2.75) is 32.5 Å². The number of ether oxygens (including phenoxy) is 1. The average Bonchev–Trinajstić information content (AvgIpc) is 3.49. The van der Waals surface area contributed by atoms with Crippen LogP contribution in [0, 0.1) is 11.7 Å². The maximum atomic E-state index is 13.3. The third-order valence-corrected chi connectivity index (χ3v) is 5.54. The Balaban J connectivity index is 1.73. The Bertz CT molecular complexity index is 777. The molecule has 2 heterocycles. The molecule has 5 nitrogen and oxygen atoms in total. The number of allylic oxidation sites excluding steroid dienone is 1. The smallest absolute Gasteiger partial charge is 0.337 e. The maximum absolute atomic E-state index is 13.3. The van der Waals surface area contributed by atoms with Gasteiger partial charge in [0.15, 0.2) is 0 Å². The first-order chi connectivity index (χ1) is 13.0. The van der Waals surface area contributed by atoms with Crippen LogP contribution in [0.15, 0.2) is 47.2 Å². The first-order valence-corrected chi connectivity index (χ1v) is 9.53. The lowest BCUT2D eigenvalue weighted by Gasteiger charge is -2.45. The van der Waals surface area contributed by atoms with Crippen LogP contribution in [0.2, 0.25) is 0 Å². The van der Waals surface area contributed by atoms with Crippen molar-refractivity contribution in [2.75, 3.05) is 26.3 Å². The number of morpholine rings is 1. The average molecular weight is 372 g/mol. The predicted molar refractivity (Wildman–Crippen MR) is 99.3 cm³/mol. The van der Waals surface area contributed by atoms with Gasteiger partial charge in [-0.2, -0.15) is 0 Å². The number of halogens is 1. The van der Waals surface area contributed by atoms with Gasteiger partial charge < -0.3 is 14.7 Å². The number of rotatable bonds is 5. The molecular formula is C21H25FN2O3. The summed E-state index contributed by atoms with van der Waals surface area (Å²) < 4.78 is 18.8. The van der Waals surface area contributed by atoms with E-state index in [2.05, 4.69) is 15.9 Å². The number of carboxylic acids is 1. The van der Waals surface area contributed by atoms with E-state index in [1.165, 1.54) is 12.1 Å². The number of aliphatic carboxylic acids is 1. The van der Waals surface area contributed by atoms with Crippen LogP contribution in [-0.2, 0) is 16.1 Å². The van der Waals surface area contributed by atoms with E-state index >= 15 is 0 Å². The zero-order valence-corrected chi connectivity index (χ0v) is 15.5. The van der Waals surface area contributed by atoms with Crippen LogP contribution < -0.4 is 0 Å². The molecule has 144 valence electrons. The second-order valence-electron chi connectivity index (χ2n) is 7.51. The molecule has 27 heavy (non-hydrogen) atoms. The lowest BCUT2D eigenvalue weighted by atomic mass is 9.95. The Hall–Kier alpha value is -2.18. The summed E-state index contributed by atoms with van der Waals surface area (Å²) in [6.45, 7) is 5.46. The molecule has 2 fully saturated rings. The topological polar surface area (TPSA) is 53.0 Å². The van der Waals surface area contributed by atoms with Gasteiger partial charge in [-0.05, 0) is 55.0 Å². The minimum Gasteiger partial charge on any atom is -0.478 e. The third-order valence-electron chi connectivity index (χ3n) is 5.54. The van der Waals surface area contributed by atoms with E-state index in [0.29, 0.717) is 31.2 Å². The van der Waals surface area contributed by atoms with Crippen molar-refractivity contribution in [3.8, 4) is 0 Å². The van der Waals surface area contributed by atoms with Gasteiger partial charge in [0.2, 0.25) is 0 Å². The van der Waals surface area contributed by atoms with Crippen molar-refractivity contribution in [2.24, 2.45) is 5.92 Å². The zero-order valence-electron chi connectivity index (χ0n) is 15.5. The van der Waals surface area contributed by atoms with E-state index in [4.69, 9.17) is 4.74 Å². The van der Waals surface area contributed by atoms with Gasteiger partial charge in [-0.1, -0.05) is 12.1 Å². The molecule has 3 aliphatic rings. The zero-order chi connectivity index (χ0) is 19.0. The summed E-state index contributed by atoms with van der Waals surface area (Å²) >= 11 is 0. The van der Waals surface area contributed by atoms with Crippen LogP contribution in [0.25, 0.3) is 0 Å². The molecule has 0 bridgehead atoms. The first-order valence-electron chi connectivity index (χ1n) is 9.53. The highest BCUT2D eigenvalue weighted by molar-refractivity contribution is 5.93. The Morgan fingerprint density at radius 3 is 2.48 bits per heavy atom. The molecule has 1 saturated heterocycles. The van der Waals surface area contributed by atoms with E-state index in [0.717, 1.165) is 42.8 Å². The Labute approximate surface area is 158 Å². The Morgan fingerprint density at radius 2 is 1.89 bits per heavy atom. The molecule has 0 aromatic heterocycles. The number of carboxylic acid groups (broad SMARTS) is 1. The standard InChI is InChI=1S/C21H25FN2O3/c1-14-12-18(23-8-10-27-11-9-23)24(13-15-2-6-17(22)7-3-15)20(16-4-5-16)19(14)21(25)26/h2-3,6-7,12,16,18H,4-5,8-11,13H2,1H3,(H,25,26). The van der Waals surface area contributed by atoms with Gasteiger partial charge in [-0.25, -0.2) is 9.18 Å². The summed E-state index contributed by atoms with van der Waals surface area (Å²) in [5.74, 6) is -0.832. The summed E-state index contributed by atoms with van der Waals surface area (Å²) in [4.78, 5) is 16.6. The van der Waals surface area contributed by atoms with Crippen LogP contribution in [0.3, 0.4) is 0 Å². The second kappa shape index (κ2) is 7.44. The largest absolute Gasteiger partial charge is 0.478 e. The third kappa shape index (κ3) is 3.77. The van der Waals surface area contributed by atoms with Gasteiger partial charge in [0.25, 0.3) is 0 Å². The fourth-order valence-corrected chi connectivity index (χ4v) is 4.07. The van der Waals surface area contributed by atoms with Gasteiger partial charge in [0.1, 0.15) is 12.0 Å². The van der Waals surface area contributed by atoms with Crippen molar-refractivity contribution in [1.29, 1.82) is 0 Å². The van der Waals surface area contributed by atoms with Gasteiger partial charge >= 0.3 is 5.97 Å². The minimum atomic E-state index is -0.866. The summed E-state index contributed by atoms with van der Waals surface area (Å²) in [6, 6.07) is 6.48. The van der Waals surface area contributed by atoms with Crippen molar-refractivity contribution < 1.29 is 19.0 Å². The molecule has 0 radical (unpaired) electrons. The monoisotopic (exact) mass is 372 g/mol. The quantitative estimate of drug-likeness (QED) is 0.861. The van der Waals surface area contributed by atoms with E-state index < -0.39 is 5.97 Å². The van der Waals surface area contributed by atoms with Crippen molar-refractivity contribution >= 4 is 5.97 Å². The highest BCUT2D eigenvalue weighted by atomic mass is 19.1. The predicted octanol–water partition coefficient (Wildman–Crippen LogP) is 2.99. The summed E-state index contributed by atoms with van der Waals surface area (Å²) in [7, 11) is 0. The van der Waals surface area contributed by atoms with E-state index in [1.54, 1.807) is 12.1 Å². The first kappa shape index (κ1) is 18.2. The van der Waals surface area contributed by atoms with E-state index in [9.17, 15) is 14.3 Å². The number of benzene rings is 1. The van der Waals surface area contributed by atoms with Gasteiger partial charge in [0.05, 0.1) is 18.8 Å². The Kier molecular flexibility index (Phi) is 5.02. The van der Waals surface area contributed by atoms with E-state index in [1.807, 2.05) is 6.92 Å². The highest BCUT2D eigenvalue weighted by Crippen LogP contribution is 2.45. The van der Waals surface area contributed by atoms with Crippen LogP contribution in [-0.4, -0.2) is 53.3 Å². The Morgan fingerprint density at radius 1 is 1.22 bits per heavy atom. The van der Waals surface area contributed by atoms with Gasteiger partial charge in [-0.3, -0.25) is 4.90 Å². The van der Waals surface area contributed by atoms with Crippen LogP contribution >= 0.6 is 0 Å². The fraction of sp³-hybridized carbons (Fsp3) is 0.476. The van der Waals surface area contributed by atoms with Gasteiger partial charge in [-0.15, -0.1) is 0 Å². The number of carbonyl (C=O) groups is 1. The number of hydrogen-bond acceptors (Lipinski definition) is 4. The lowest BCUT2D eigenvalue weighted by molar-refractivity contribution is -0.132. The summed E-state index contributed by atoms with van der Waals surface area (Å²) in [5, 5.41) is 9.86. The van der Waals surface area contributed by atoms with Crippen LogP contribution in [0.5, 0.6) is 0 Å². The molecule has 1 atom stereocenters. The minimum absolute atomic E-state index is 0.00217. The molecule has 4 rings (SSSR count). The molecule has 6 heteroatoms. The van der Waals surface area contributed by atoms with Crippen molar-refractivity contribution in [3.05, 3.63) is 58.6 Å². The summed E-state index contributed by atoms with van der Waals surface area (Å²) in [5.41, 5.74) is 3.18. The summed E-state index contributed by atoms with van der Waals surface area (Å²) in [6.07, 6.45) is 4.10. The van der Waals surface area contributed by atoms with Crippen molar-refractivity contribution in [3.63, 3.8) is 0 Å². The molecular weight excluding hydrogens is 347 g/mol. The van der Waals surface area contributed by atoms with Crippen LogP contribution in [0.4, 0.5) is 4.39 Å². The normalized spacial score (nSPS) is 24.1. The van der Waals surface area contributed by atoms with Crippen LogP contribution in [0.1, 0.15) is 25.3 Å².